The van der Waals surface area contributed by atoms with Gasteiger partial charge in [-0.3, -0.25) is 0 Å². The number of pyridine rings is 1. The summed E-state index contributed by atoms with van der Waals surface area (Å²) in [6, 6.07) is 16.3. The lowest BCUT2D eigenvalue weighted by Gasteiger charge is -2.36. The van der Waals surface area contributed by atoms with Crippen molar-refractivity contribution in [3.8, 4) is 11.3 Å². The molecule has 1 fully saturated rings. The molecule has 0 amide bonds. The number of esters is 1. The van der Waals surface area contributed by atoms with Crippen molar-refractivity contribution < 1.29 is 29.6 Å². The zero-order valence-corrected chi connectivity index (χ0v) is 16.4. The first-order chi connectivity index (χ1) is 14.5. The van der Waals surface area contributed by atoms with E-state index in [4.69, 9.17) is 9.47 Å². The molecule has 156 valence electrons. The molecule has 7 heteroatoms. The van der Waals surface area contributed by atoms with Gasteiger partial charge in [-0.15, -0.1) is 0 Å². The topological polar surface area (TPSA) is 109 Å². The molecule has 0 radical (unpaired) electrons. The number of hydrogen-bond donors (Lipinski definition) is 3. The van der Waals surface area contributed by atoms with Crippen LogP contribution >= 0.6 is 0 Å². The molecule has 4 atom stereocenters. The van der Waals surface area contributed by atoms with Gasteiger partial charge in [0.2, 0.25) is 0 Å². The van der Waals surface area contributed by atoms with Crippen LogP contribution < -0.4 is 0 Å². The van der Waals surface area contributed by atoms with Crippen molar-refractivity contribution in [2.75, 3.05) is 13.7 Å². The fraction of sp³-hybridized carbons (Fsp3) is 0.304. The summed E-state index contributed by atoms with van der Waals surface area (Å²) in [7, 11) is 1.34. The molecule has 0 saturated carbocycles. The van der Waals surface area contributed by atoms with Crippen molar-refractivity contribution in [3.63, 3.8) is 0 Å². The van der Waals surface area contributed by atoms with Crippen molar-refractivity contribution in [1.29, 1.82) is 0 Å². The SMILES string of the molecule is COC(=O)c1ccc2nc(-c3cccc(C4OC(CO)CC(O)C4O)c3)ccc2c1. The van der Waals surface area contributed by atoms with Crippen LogP contribution in [0.25, 0.3) is 22.2 Å². The Labute approximate surface area is 173 Å². The third kappa shape index (κ3) is 3.93. The minimum atomic E-state index is -1.08. The van der Waals surface area contributed by atoms with Gasteiger partial charge in [0.15, 0.2) is 0 Å². The normalized spacial score (nSPS) is 24.0. The smallest absolute Gasteiger partial charge is 0.337 e. The van der Waals surface area contributed by atoms with E-state index in [1.54, 1.807) is 18.2 Å². The molecule has 7 nitrogen and oxygen atoms in total. The van der Waals surface area contributed by atoms with Crippen LogP contribution in [-0.4, -0.2) is 58.3 Å². The fourth-order valence-electron chi connectivity index (χ4n) is 3.75. The van der Waals surface area contributed by atoms with Crippen LogP contribution in [0.1, 0.15) is 28.4 Å². The standard InChI is InChI=1S/C23H23NO6/c1-29-23(28)16-6-8-19-14(10-16)5-7-18(24-19)13-3-2-4-15(9-13)22-21(27)20(26)11-17(12-25)30-22/h2-10,17,20-22,25-27H,11-12H2,1H3. The Balaban J connectivity index is 1.66. The van der Waals surface area contributed by atoms with E-state index < -0.39 is 30.4 Å². The summed E-state index contributed by atoms with van der Waals surface area (Å²) in [6.07, 6.45) is -3.13. The predicted molar refractivity (Wildman–Crippen MR) is 110 cm³/mol. The highest BCUT2D eigenvalue weighted by Gasteiger charge is 2.37. The molecule has 1 aromatic heterocycles. The van der Waals surface area contributed by atoms with Gasteiger partial charge in [0.25, 0.3) is 0 Å². The molecule has 0 bridgehead atoms. The second-order valence-electron chi connectivity index (χ2n) is 7.38. The Bertz CT molecular complexity index is 1070. The summed E-state index contributed by atoms with van der Waals surface area (Å²) in [5, 5.41) is 30.7. The maximum atomic E-state index is 11.7. The molecule has 3 N–H and O–H groups in total. The largest absolute Gasteiger partial charge is 0.465 e. The highest BCUT2D eigenvalue weighted by molar-refractivity contribution is 5.94. The van der Waals surface area contributed by atoms with Gasteiger partial charge in [-0.1, -0.05) is 24.3 Å². The van der Waals surface area contributed by atoms with Gasteiger partial charge in [-0.2, -0.15) is 0 Å². The van der Waals surface area contributed by atoms with Gasteiger partial charge < -0.3 is 24.8 Å². The van der Waals surface area contributed by atoms with Crippen LogP contribution in [0.3, 0.4) is 0 Å². The van der Waals surface area contributed by atoms with E-state index in [-0.39, 0.29) is 13.0 Å². The number of aromatic nitrogens is 1. The molecule has 4 unspecified atom stereocenters. The van der Waals surface area contributed by atoms with E-state index in [1.807, 2.05) is 36.4 Å². The molecule has 0 spiro atoms. The lowest BCUT2D eigenvalue weighted by atomic mass is 9.92. The number of fused-ring (bicyclic) bond motifs is 1. The monoisotopic (exact) mass is 409 g/mol. The number of aliphatic hydroxyl groups excluding tert-OH is 3. The molecule has 1 saturated heterocycles. The number of methoxy groups -OCH3 is 1. The minimum absolute atomic E-state index is 0.188. The highest BCUT2D eigenvalue weighted by Crippen LogP contribution is 2.34. The molecule has 4 rings (SSSR count). The molecule has 2 heterocycles. The van der Waals surface area contributed by atoms with Crippen molar-refractivity contribution >= 4 is 16.9 Å². The van der Waals surface area contributed by atoms with E-state index in [2.05, 4.69) is 4.98 Å². The number of aliphatic hydroxyl groups is 3. The molecule has 2 aromatic carbocycles. The number of benzene rings is 2. The van der Waals surface area contributed by atoms with Crippen LogP contribution in [0.5, 0.6) is 0 Å². The molecular formula is C23H23NO6. The van der Waals surface area contributed by atoms with Gasteiger partial charge in [-0.05, 0) is 35.9 Å². The lowest BCUT2D eigenvalue weighted by molar-refractivity contribution is -0.179. The Kier molecular flexibility index (Phi) is 5.78. The average Bonchev–Trinajstić information content (AvgIpc) is 2.79. The van der Waals surface area contributed by atoms with Crippen molar-refractivity contribution in [3.05, 3.63) is 65.7 Å². The molecule has 1 aliphatic rings. The molecule has 0 aliphatic carbocycles. The number of nitrogens with zero attached hydrogens (tertiary/aromatic N) is 1. The second-order valence-corrected chi connectivity index (χ2v) is 7.38. The maximum absolute atomic E-state index is 11.7. The van der Waals surface area contributed by atoms with E-state index in [0.29, 0.717) is 11.1 Å². The van der Waals surface area contributed by atoms with Gasteiger partial charge in [-0.25, -0.2) is 9.78 Å². The number of carbonyl (C=O) groups excluding carboxylic acids is 1. The molecular weight excluding hydrogens is 386 g/mol. The number of rotatable bonds is 4. The Morgan fingerprint density at radius 3 is 2.77 bits per heavy atom. The first kappa shape index (κ1) is 20.4. The van der Waals surface area contributed by atoms with Crippen molar-refractivity contribution in [1.82, 2.24) is 4.98 Å². The number of hydrogen-bond acceptors (Lipinski definition) is 7. The van der Waals surface area contributed by atoms with E-state index >= 15 is 0 Å². The van der Waals surface area contributed by atoms with Crippen LogP contribution in [0.4, 0.5) is 0 Å². The zero-order valence-electron chi connectivity index (χ0n) is 16.4. The van der Waals surface area contributed by atoms with E-state index in [1.165, 1.54) is 7.11 Å². The Morgan fingerprint density at radius 2 is 2.00 bits per heavy atom. The van der Waals surface area contributed by atoms with Crippen LogP contribution in [-0.2, 0) is 9.47 Å². The second kappa shape index (κ2) is 8.49. The Hall–Kier alpha value is -2.84. The highest BCUT2D eigenvalue weighted by atomic mass is 16.5. The van der Waals surface area contributed by atoms with E-state index in [9.17, 15) is 20.1 Å². The van der Waals surface area contributed by atoms with Gasteiger partial charge >= 0.3 is 5.97 Å². The lowest BCUT2D eigenvalue weighted by Crippen LogP contribution is -2.44. The number of carbonyl (C=O) groups is 1. The zero-order chi connectivity index (χ0) is 21.3. The summed E-state index contributed by atoms with van der Waals surface area (Å²) >= 11 is 0. The van der Waals surface area contributed by atoms with Crippen molar-refractivity contribution in [2.45, 2.75) is 30.8 Å². The summed E-state index contributed by atoms with van der Waals surface area (Å²) in [5.74, 6) is -0.400. The Morgan fingerprint density at radius 1 is 1.17 bits per heavy atom. The third-order valence-corrected chi connectivity index (χ3v) is 5.37. The summed E-state index contributed by atoms with van der Waals surface area (Å²) in [4.78, 5) is 16.4. The van der Waals surface area contributed by atoms with Gasteiger partial charge in [0, 0.05) is 17.4 Å². The third-order valence-electron chi connectivity index (χ3n) is 5.37. The quantitative estimate of drug-likeness (QED) is 0.567. The van der Waals surface area contributed by atoms with E-state index in [0.717, 1.165) is 22.2 Å². The molecule has 1 aliphatic heterocycles. The van der Waals surface area contributed by atoms with Crippen LogP contribution in [0.2, 0.25) is 0 Å². The summed E-state index contributed by atoms with van der Waals surface area (Å²) in [5.41, 5.74) is 3.43. The van der Waals surface area contributed by atoms with Gasteiger partial charge in [0.1, 0.15) is 12.2 Å². The summed E-state index contributed by atoms with van der Waals surface area (Å²) in [6.45, 7) is -0.222. The van der Waals surface area contributed by atoms with Crippen molar-refractivity contribution in [2.24, 2.45) is 0 Å². The first-order valence-electron chi connectivity index (χ1n) is 9.72. The molecule has 30 heavy (non-hydrogen) atoms. The predicted octanol–water partition coefficient (Wildman–Crippen LogP) is 2.23. The van der Waals surface area contributed by atoms with Gasteiger partial charge in [0.05, 0.1) is 42.7 Å². The van der Waals surface area contributed by atoms with Crippen LogP contribution in [0.15, 0.2) is 54.6 Å². The minimum Gasteiger partial charge on any atom is -0.465 e. The fourth-order valence-corrected chi connectivity index (χ4v) is 3.75. The first-order valence-corrected chi connectivity index (χ1v) is 9.72. The number of ether oxygens (including phenoxy) is 2. The van der Waals surface area contributed by atoms with Crippen LogP contribution in [0, 0.1) is 0 Å². The maximum Gasteiger partial charge on any atom is 0.337 e. The average molecular weight is 409 g/mol. The molecule has 3 aromatic rings. The summed E-state index contributed by atoms with van der Waals surface area (Å²) < 4.78 is 10.5.